The number of carbonyl (C=O) groups excluding carboxylic acids is 2. The molecule has 2 aromatic carbocycles. The van der Waals surface area contributed by atoms with E-state index in [2.05, 4.69) is 4.99 Å². The van der Waals surface area contributed by atoms with E-state index >= 15 is 0 Å². The number of aromatic nitrogens is 2. The van der Waals surface area contributed by atoms with Gasteiger partial charge in [0.25, 0.3) is 11.6 Å². The molecule has 2 aromatic heterocycles. The SMILES string of the molecule is CCOC(=O)Cn1c(=NC(=O)Cn2c(=O)oc3ccccc32)sc2cc([N+](=O)[O-])ccc21. The van der Waals surface area contributed by atoms with Crippen LogP contribution in [0.5, 0.6) is 0 Å². The summed E-state index contributed by atoms with van der Waals surface area (Å²) in [7, 11) is 0. The van der Waals surface area contributed by atoms with E-state index in [1.807, 2.05) is 0 Å². The fraction of sp³-hybridized carbons (Fsp3) is 0.200. The van der Waals surface area contributed by atoms with Crippen molar-refractivity contribution in [2.75, 3.05) is 6.61 Å². The number of para-hydroxylation sites is 2. The zero-order valence-corrected chi connectivity index (χ0v) is 17.5. The smallest absolute Gasteiger partial charge is 0.420 e. The van der Waals surface area contributed by atoms with Crippen molar-refractivity contribution in [3.63, 3.8) is 0 Å². The number of nitrogens with zero attached hydrogens (tertiary/aromatic N) is 4. The average Bonchev–Trinajstić information content (AvgIpc) is 3.24. The summed E-state index contributed by atoms with van der Waals surface area (Å²) in [6, 6.07) is 10.8. The van der Waals surface area contributed by atoms with Gasteiger partial charge in [0.2, 0.25) is 0 Å². The van der Waals surface area contributed by atoms with Crippen LogP contribution in [0.15, 0.2) is 56.7 Å². The van der Waals surface area contributed by atoms with Gasteiger partial charge in [0.15, 0.2) is 10.4 Å². The maximum Gasteiger partial charge on any atom is 0.420 e. The number of fused-ring (bicyclic) bond motifs is 2. The lowest BCUT2D eigenvalue weighted by Crippen LogP contribution is -2.25. The number of carbonyl (C=O) groups is 2. The largest absolute Gasteiger partial charge is 0.465 e. The molecular weight excluding hydrogens is 440 g/mol. The van der Waals surface area contributed by atoms with Crippen molar-refractivity contribution < 1.29 is 23.7 Å². The van der Waals surface area contributed by atoms with E-state index < -0.39 is 22.6 Å². The first-order valence-corrected chi connectivity index (χ1v) is 10.3. The molecule has 2 heterocycles. The van der Waals surface area contributed by atoms with Gasteiger partial charge in [0, 0.05) is 12.1 Å². The number of hydrogen-bond donors (Lipinski definition) is 0. The van der Waals surface area contributed by atoms with Gasteiger partial charge in [0.05, 0.1) is 27.3 Å². The zero-order valence-electron chi connectivity index (χ0n) is 16.7. The molecular formula is C20H16N4O7S. The zero-order chi connectivity index (χ0) is 22.8. The Morgan fingerprint density at radius 3 is 2.69 bits per heavy atom. The quantitative estimate of drug-likeness (QED) is 0.246. The average molecular weight is 456 g/mol. The molecule has 0 aliphatic carbocycles. The van der Waals surface area contributed by atoms with Crippen LogP contribution in [0.25, 0.3) is 21.3 Å². The second-order valence-corrected chi connectivity index (χ2v) is 7.62. The summed E-state index contributed by atoms with van der Waals surface area (Å²) in [5, 5.41) is 11.1. The van der Waals surface area contributed by atoms with E-state index in [9.17, 15) is 24.5 Å². The maximum absolute atomic E-state index is 12.7. The highest BCUT2D eigenvalue weighted by molar-refractivity contribution is 7.16. The summed E-state index contributed by atoms with van der Waals surface area (Å²) in [6.07, 6.45) is 0. The van der Waals surface area contributed by atoms with E-state index in [4.69, 9.17) is 9.15 Å². The lowest BCUT2D eigenvalue weighted by atomic mass is 10.3. The van der Waals surface area contributed by atoms with E-state index in [1.54, 1.807) is 31.2 Å². The number of thiazole rings is 1. The minimum absolute atomic E-state index is 0.128. The Bertz CT molecular complexity index is 1490. The van der Waals surface area contributed by atoms with Gasteiger partial charge in [-0.15, -0.1) is 0 Å². The Labute approximate surface area is 182 Å². The molecule has 0 saturated carbocycles. The van der Waals surface area contributed by atoms with Gasteiger partial charge >= 0.3 is 11.7 Å². The molecule has 0 radical (unpaired) electrons. The molecule has 1 amide bonds. The molecule has 11 nitrogen and oxygen atoms in total. The Balaban J connectivity index is 1.77. The number of ether oxygens (including phenoxy) is 1. The third kappa shape index (κ3) is 4.07. The Morgan fingerprint density at radius 1 is 1.16 bits per heavy atom. The number of esters is 1. The molecule has 0 aliphatic rings. The molecule has 12 heteroatoms. The molecule has 0 N–H and O–H groups in total. The van der Waals surface area contributed by atoms with E-state index in [-0.39, 0.29) is 30.2 Å². The summed E-state index contributed by atoms with van der Waals surface area (Å²) in [5.74, 6) is -1.89. The number of non-ortho nitro benzene ring substituents is 1. The van der Waals surface area contributed by atoms with Crippen molar-refractivity contribution in [2.24, 2.45) is 4.99 Å². The monoisotopic (exact) mass is 456 g/mol. The maximum atomic E-state index is 12.7. The van der Waals surface area contributed by atoms with Crippen LogP contribution in [0.1, 0.15) is 6.92 Å². The highest BCUT2D eigenvalue weighted by Gasteiger charge is 2.17. The third-order valence-corrected chi connectivity index (χ3v) is 5.60. The standard InChI is InChI=1S/C20H16N4O7S/c1-2-30-18(26)11-22-14-8-7-12(24(28)29)9-16(14)32-19(22)21-17(25)10-23-13-5-3-4-6-15(13)31-20(23)27/h3-9H,2,10-11H2,1H3. The molecule has 0 aliphatic heterocycles. The first kappa shape index (κ1) is 21.2. The van der Waals surface area contributed by atoms with Gasteiger partial charge in [-0.1, -0.05) is 23.5 Å². The number of oxazole rings is 1. The predicted octanol–water partition coefficient (Wildman–Crippen LogP) is 2.21. The fourth-order valence-electron chi connectivity index (χ4n) is 3.19. The van der Waals surface area contributed by atoms with Gasteiger partial charge in [-0.3, -0.25) is 24.3 Å². The van der Waals surface area contributed by atoms with E-state index in [0.29, 0.717) is 21.3 Å². The van der Waals surface area contributed by atoms with Crippen LogP contribution < -0.4 is 10.6 Å². The summed E-state index contributed by atoms with van der Waals surface area (Å²) in [5.41, 5.74) is 1.16. The third-order valence-electron chi connectivity index (χ3n) is 4.56. The van der Waals surface area contributed by atoms with Crippen molar-refractivity contribution >= 4 is 50.2 Å². The Morgan fingerprint density at radius 2 is 1.94 bits per heavy atom. The summed E-state index contributed by atoms with van der Waals surface area (Å²) >= 11 is 1.02. The molecule has 164 valence electrons. The minimum Gasteiger partial charge on any atom is -0.465 e. The molecule has 4 rings (SSSR count). The number of amides is 1. The van der Waals surface area contributed by atoms with Crippen LogP contribution in [0.3, 0.4) is 0 Å². The van der Waals surface area contributed by atoms with Crippen molar-refractivity contribution in [2.45, 2.75) is 20.0 Å². The molecule has 0 spiro atoms. The lowest BCUT2D eigenvalue weighted by Gasteiger charge is -2.05. The van der Waals surface area contributed by atoms with Gasteiger partial charge in [-0.2, -0.15) is 4.99 Å². The predicted molar refractivity (Wildman–Crippen MR) is 114 cm³/mol. The van der Waals surface area contributed by atoms with Crippen LogP contribution in [-0.4, -0.2) is 32.5 Å². The molecule has 4 aromatic rings. The summed E-state index contributed by atoms with van der Waals surface area (Å²) in [4.78, 5) is 51.7. The fourth-order valence-corrected chi connectivity index (χ4v) is 4.27. The number of rotatable bonds is 6. The molecule has 0 unspecified atom stereocenters. The topological polar surface area (TPSA) is 139 Å². The lowest BCUT2D eigenvalue weighted by molar-refractivity contribution is -0.384. The molecule has 0 bridgehead atoms. The molecule has 0 saturated heterocycles. The van der Waals surface area contributed by atoms with Gasteiger partial charge in [0.1, 0.15) is 13.1 Å². The summed E-state index contributed by atoms with van der Waals surface area (Å²) in [6.45, 7) is 1.24. The van der Waals surface area contributed by atoms with Crippen LogP contribution in [-0.2, 0) is 27.4 Å². The number of nitro groups is 1. The Hall–Kier alpha value is -4.06. The number of benzene rings is 2. The molecule has 32 heavy (non-hydrogen) atoms. The second-order valence-electron chi connectivity index (χ2n) is 6.61. The number of hydrogen-bond acceptors (Lipinski definition) is 8. The highest BCUT2D eigenvalue weighted by atomic mass is 32.1. The Kier molecular flexibility index (Phi) is 5.69. The van der Waals surface area contributed by atoms with Crippen LogP contribution in [0.4, 0.5) is 5.69 Å². The van der Waals surface area contributed by atoms with Crippen molar-refractivity contribution in [1.82, 2.24) is 9.13 Å². The number of nitro benzene ring substituents is 1. The van der Waals surface area contributed by atoms with Crippen molar-refractivity contribution in [1.29, 1.82) is 0 Å². The van der Waals surface area contributed by atoms with Crippen LogP contribution in [0.2, 0.25) is 0 Å². The normalized spacial score (nSPS) is 11.8. The molecule has 0 fully saturated rings. The first-order valence-electron chi connectivity index (χ1n) is 9.46. The second kappa shape index (κ2) is 8.59. The van der Waals surface area contributed by atoms with Gasteiger partial charge in [-0.05, 0) is 25.1 Å². The van der Waals surface area contributed by atoms with Crippen molar-refractivity contribution in [3.05, 3.63) is 67.9 Å². The summed E-state index contributed by atoms with van der Waals surface area (Å²) < 4.78 is 13.2. The highest BCUT2D eigenvalue weighted by Crippen LogP contribution is 2.23. The minimum atomic E-state index is -0.693. The van der Waals surface area contributed by atoms with E-state index in [0.717, 1.165) is 15.9 Å². The van der Waals surface area contributed by atoms with Gasteiger partial charge < -0.3 is 13.7 Å². The first-order chi connectivity index (χ1) is 15.4. The van der Waals surface area contributed by atoms with Crippen LogP contribution in [0, 0.1) is 10.1 Å². The van der Waals surface area contributed by atoms with Gasteiger partial charge in [-0.25, -0.2) is 4.79 Å². The van der Waals surface area contributed by atoms with Crippen LogP contribution >= 0.6 is 11.3 Å². The van der Waals surface area contributed by atoms with E-state index in [1.165, 1.54) is 22.8 Å². The molecule has 0 atom stereocenters. The van der Waals surface area contributed by atoms with Crippen molar-refractivity contribution in [3.8, 4) is 0 Å².